The van der Waals surface area contributed by atoms with Gasteiger partial charge in [0.05, 0.1) is 18.4 Å². The molecule has 1 aromatic heterocycles. The van der Waals surface area contributed by atoms with Gasteiger partial charge in [-0.3, -0.25) is 10.1 Å². The van der Waals surface area contributed by atoms with Gasteiger partial charge in [-0.2, -0.15) is 0 Å². The second kappa shape index (κ2) is 10.6. The molecule has 1 aromatic carbocycles. The van der Waals surface area contributed by atoms with E-state index in [1.807, 2.05) is 37.3 Å². The van der Waals surface area contributed by atoms with E-state index in [4.69, 9.17) is 9.47 Å². The number of halogens is 1. The Hall–Kier alpha value is -3.17. The second-order valence-electron chi connectivity index (χ2n) is 8.12. The molecule has 2 unspecified atom stereocenters. The van der Waals surface area contributed by atoms with Gasteiger partial charge in [0, 0.05) is 37.5 Å². The van der Waals surface area contributed by atoms with E-state index in [1.165, 1.54) is 0 Å². The van der Waals surface area contributed by atoms with Crippen LogP contribution in [0.3, 0.4) is 0 Å². The lowest BCUT2D eigenvalue weighted by Gasteiger charge is -2.34. The first kappa shape index (κ1) is 23.0. The van der Waals surface area contributed by atoms with E-state index >= 15 is 0 Å². The van der Waals surface area contributed by atoms with Crippen molar-refractivity contribution in [3.05, 3.63) is 59.7 Å². The number of nitrogens with zero attached hydrogens (tertiary/aromatic N) is 2. The highest BCUT2D eigenvalue weighted by atomic mass is 19.1. The zero-order valence-electron chi connectivity index (χ0n) is 18.9. The summed E-state index contributed by atoms with van der Waals surface area (Å²) in [5, 5.41) is 9.45. The molecular formula is C24H30FN5O3. The fourth-order valence-corrected chi connectivity index (χ4v) is 4.25. The molecule has 176 valence electrons. The molecule has 0 aliphatic carbocycles. The minimum Gasteiger partial charge on any atom is -0.491 e. The smallest absolute Gasteiger partial charge is 0.257 e. The Morgan fingerprint density at radius 2 is 2.12 bits per heavy atom. The first-order chi connectivity index (χ1) is 16.1. The lowest BCUT2D eigenvalue weighted by atomic mass is 10.0. The van der Waals surface area contributed by atoms with Crippen molar-refractivity contribution in [2.75, 3.05) is 38.7 Å². The maximum absolute atomic E-state index is 14.8. The van der Waals surface area contributed by atoms with Crippen LogP contribution in [0.5, 0.6) is 5.75 Å². The quantitative estimate of drug-likeness (QED) is 0.500. The first-order valence-corrected chi connectivity index (χ1v) is 11.2. The lowest BCUT2D eigenvalue weighted by Crippen LogP contribution is -2.47. The van der Waals surface area contributed by atoms with Crippen LogP contribution in [-0.4, -0.2) is 55.2 Å². The fourth-order valence-electron chi connectivity index (χ4n) is 4.25. The minimum absolute atomic E-state index is 0.140. The molecule has 3 heterocycles. The summed E-state index contributed by atoms with van der Waals surface area (Å²) in [7, 11) is 1.62. The Balaban J connectivity index is 1.49. The number of piperidine rings is 1. The summed E-state index contributed by atoms with van der Waals surface area (Å²) in [5.41, 5.74) is 1.25. The van der Waals surface area contributed by atoms with Crippen LogP contribution in [0.1, 0.15) is 41.9 Å². The number of nitrogens with one attached hydrogen (secondary N) is 3. The van der Waals surface area contributed by atoms with Crippen molar-refractivity contribution >= 4 is 17.4 Å². The number of hydrogen-bond donors (Lipinski definition) is 3. The topological polar surface area (TPSA) is 87.8 Å². The molecule has 4 rings (SSSR count). The van der Waals surface area contributed by atoms with E-state index in [2.05, 4.69) is 32.0 Å². The molecule has 0 bridgehead atoms. The molecule has 0 spiro atoms. The number of amides is 1. The first-order valence-electron chi connectivity index (χ1n) is 11.2. The molecule has 33 heavy (non-hydrogen) atoms. The van der Waals surface area contributed by atoms with Crippen molar-refractivity contribution in [3.63, 3.8) is 0 Å². The van der Waals surface area contributed by atoms with Gasteiger partial charge in [-0.05, 0) is 50.2 Å². The van der Waals surface area contributed by atoms with Crippen LogP contribution in [0, 0.1) is 5.82 Å². The van der Waals surface area contributed by atoms with Gasteiger partial charge in [0.2, 0.25) is 0 Å². The Morgan fingerprint density at radius 3 is 2.88 bits per heavy atom. The number of pyridine rings is 1. The third kappa shape index (κ3) is 5.43. The number of anilines is 2. The van der Waals surface area contributed by atoms with E-state index < -0.39 is 12.0 Å². The number of benzene rings is 1. The molecule has 1 fully saturated rings. The molecule has 2 aromatic rings. The summed E-state index contributed by atoms with van der Waals surface area (Å²) in [6.45, 7) is 4.76. The van der Waals surface area contributed by atoms with E-state index in [0.29, 0.717) is 36.0 Å². The zero-order chi connectivity index (χ0) is 23.2. The SMILES string of the molecule is CC=CN1CCCC(NC2NC(=O)c3c(Nc4ccc(OCCOC)cc4)ncc(F)c32)C1. The zero-order valence-corrected chi connectivity index (χ0v) is 18.9. The monoisotopic (exact) mass is 455 g/mol. The number of methoxy groups -OCH3 is 1. The Kier molecular flexibility index (Phi) is 7.41. The molecule has 2 aliphatic heterocycles. The highest BCUT2D eigenvalue weighted by Crippen LogP contribution is 2.33. The molecule has 1 amide bonds. The number of allylic oxidation sites excluding steroid dienone is 1. The van der Waals surface area contributed by atoms with Crippen molar-refractivity contribution in [1.29, 1.82) is 0 Å². The summed E-state index contributed by atoms with van der Waals surface area (Å²) < 4.78 is 25.4. The van der Waals surface area contributed by atoms with E-state index in [0.717, 1.165) is 32.1 Å². The average molecular weight is 456 g/mol. The maximum atomic E-state index is 14.8. The van der Waals surface area contributed by atoms with Crippen molar-refractivity contribution in [2.45, 2.75) is 32.0 Å². The normalized spacial score (nSPS) is 20.1. The number of carbonyl (C=O) groups excluding carboxylic acids is 1. The van der Waals surface area contributed by atoms with Crippen LogP contribution in [0.2, 0.25) is 0 Å². The Morgan fingerprint density at radius 1 is 1.30 bits per heavy atom. The number of hydrogen-bond acceptors (Lipinski definition) is 7. The molecule has 2 aliphatic rings. The van der Waals surface area contributed by atoms with Gasteiger partial charge in [-0.1, -0.05) is 6.08 Å². The predicted molar refractivity (Wildman–Crippen MR) is 124 cm³/mol. The number of carbonyl (C=O) groups is 1. The van der Waals surface area contributed by atoms with Gasteiger partial charge >= 0.3 is 0 Å². The third-order valence-electron chi connectivity index (χ3n) is 5.75. The van der Waals surface area contributed by atoms with Crippen LogP contribution >= 0.6 is 0 Å². The second-order valence-corrected chi connectivity index (χ2v) is 8.12. The van der Waals surface area contributed by atoms with Gasteiger partial charge in [0.15, 0.2) is 0 Å². The van der Waals surface area contributed by atoms with Crippen molar-refractivity contribution in [2.24, 2.45) is 0 Å². The van der Waals surface area contributed by atoms with E-state index in [1.54, 1.807) is 7.11 Å². The Bertz CT molecular complexity index is 998. The fraction of sp³-hybridized carbons (Fsp3) is 0.417. The van der Waals surface area contributed by atoms with Gasteiger partial charge < -0.3 is 25.0 Å². The average Bonchev–Trinajstić information content (AvgIpc) is 3.14. The molecule has 2 atom stereocenters. The van der Waals surface area contributed by atoms with Crippen LogP contribution in [-0.2, 0) is 4.74 Å². The molecule has 8 nitrogen and oxygen atoms in total. The van der Waals surface area contributed by atoms with Crippen LogP contribution in [0.15, 0.2) is 42.7 Å². The summed E-state index contributed by atoms with van der Waals surface area (Å²) in [6, 6.07) is 7.40. The van der Waals surface area contributed by atoms with Crippen molar-refractivity contribution in [3.8, 4) is 5.75 Å². The van der Waals surface area contributed by atoms with E-state index in [-0.39, 0.29) is 17.5 Å². The lowest BCUT2D eigenvalue weighted by molar-refractivity contribution is 0.0946. The highest BCUT2D eigenvalue weighted by molar-refractivity contribution is 6.04. The van der Waals surface area contributed by atoms with Crippen LogP contribution in [0.4, 0.5) is 15.9 Å². The van der Waals surface area contributed by atoms with Crippen molar-refractivity contribution < 1.29 is 18.7 Å². The number of ether oxygens (including phenoxy) is 2. The molecule has 1 saturated heterocycles. The number of aromatic nitrogens is 1. The molecular weight excluding hydrogens is 425 g/mol. The molecule has 3 N–H and O–H groups in total. The minimum atomic E-state index is -0.594. The predicted octanol–water partition coefficient (Wildman–Crippen LogP) is 3.32. The standard InChI is InChI=1S/C24H30FN5O3/c1-3-10-30-11-4-5-17(15-30)28-23-20-19(25)14-26-22(21(20)24(31)29-23)27-16-6-8-18(9-7-16)33-13-12-32-2/h3,6-10,14,17,23,28H,4-5,11-13,15H2,1-2H3,(H,26,27)(H,29,31). The molecule has 9 heteroatoms. The van der Waals surface area contributed by atoms with E-state index in [9.17, 15) is 9.18 Å². The number of likely N-dealkylation sites (tertiary alicyclic amines) is 1. The number of fused-ring (bicyclic) bond motifs is 1. The van der Waals surface area contributed by atoms with Crippen LogP contribution < -0.4 is 20.7 Å². The maximum Gasteiger partial charge on any atom is 0.257 e. The van der Waals surface area contributed by atoms with Gasteiger partial charge in [-0.25, -0.2) is 9.37 Å². The largest absolute Gasteiger partial charge is 0.491 e. The third-order valence-corrected chi connectivity index (χ3v) is 5.75. The van der Waals surface area contributed by atoms with Gasteiger partial charge in [0.25, 0.3) is 5.91 Å². The number of rotatable bonds is 9. The van der Waals surface area contributed by atoms with Gasteiger partial charge in [0.1, 0.15) is 30.2 Å². The summed E-state index contributed by atoms with van der Waals surface area (Å²) in [4.78, 5) is 19.2. The Labute approximate surface area is 193 Å². The van der Waals surface area contributed by atoms with Crippen LogP contribution in [0.25, 0.3) is 0 Å². The van der Waals surface area contributed by atoms with Crippen molar-refractivity contribution in [1.82, 2.24) is 20.5 Å². The summed E-state index contributed by atoms with van der Waals surface area (Å²) in [5.74, 6) is 0.170. The molecule has 0 saturated carbocycles. The highest BCUT2D eigenvalue weighted by Gasteiger charge is 2.36. The van der Waals surface area contributed by atoms with Gasteiger partial charge in [-0.15, -0.1) is 0 Å². The molecule has 0 radical (unpaired) electrons. The summed E-state index contributed by atoms with van der Waals surface area (Å²) >= 11 is 0. The summed E-state index contributed by atoms with van der Waals surface area (Å²) in [6.07, 6.45) is 6.64.